The summed E-state index contributed by atoms with van der Waals surface area (Å²) in [4.78, 5) is 2.68. The van der Waals surface area contributed by atoms with Gasteiger partial charge in [0.25, 0.3) is 0 Å². The predicted octanol–water partition coefficient (Wildman–Crippen LogP) is 3.92. The van der Waals surface area contributed by atoms with Crippen LogP contribution in [-0.4, -0.2) is 23.1 Å². The molecule has 3 aliphatic rings. The topological polar surface area (TPSA) is 23.5 Å². The molecule has 0 spiro atoms. The minimum atomic E-state index is 0.448. The summed E-state index contributed by atoms with van der Waals surface area (Å²) in [7, 11) is 0. The third kappa shape index (κ3) is 1.83. The number of benzene rings is 2. The van der Waals surface area contributed by atoms with Gasteiger partial charge in [-0.05, 0) is 59.9 Å². The van der Waals surface area contributed by atoms with Crippen molar-refractivity contribution in [2.75, 3.05) is 13.1 Å². The van der Waals surface area contributed by atoms with Crippen molar-refractivity contribution in [3.8, 4) is 16.9 Å². The van der Waals surface area contributed by atoms with Gasteiger partial charge in [-0.15, -0.1) is 0 Å². The number of phenolic OH excluding ortho intramolecular Hbond substituents is 1. The van der Waals surface area contributed by atoms with Gasteiger partial charge in [0, 0.05) is 24.7 Å². The molecule has 22 heavy (non-hydrogen) atoms. The molecule has 2 nitrogen and oxygen atoms in total. The number of phenols is 1. The van der Waals surface area contributed by atoms with E-state index >= 15 is 0 Å². The third-order valence-corrected chi connectivity index (χ3v) is 5.65. The summed E-state index contributed by atoms with van der Waals surface area (Å²) in [6, 6.07) is 13.1. The second-order valence-electron chi connectivity index (χ2n) is 7.10. The molecule has 1 saturated carbocycles. The molecule has 2 heteroatoms. The van der Waals surface area contributed by atoms with Gasteiger partial charge in [-0.2, -0.15) is 0 Å². The van der Waals surface area contributed by atoms with Crippen molar-refractivity contribution in [3.05, 3.63) is 53.1 Å². The van der Waals surface area contributed by atoms with Gasteiger partial charge in [-0.3, -0.25) is 4.90 Å². The summed E-state index contributed by atoms with van der Waals surface area (Å²) in [6.07, 6.45) is 5.01. The molecule has 112 valence electrons. The molecule has 0 radical (unpaired) electrons. The lowest BCUT2D eigenvalue weighted by atomic mass is 9.76. The van der Waals surface area contributed by atoms with Gasteiger partial charge in [0.2, 0.25) is 0 Å². The number of rotatable bonds is 2. The summed E-state index contributed by atoms with van der Waals surface area (Å²) < 4.78 is 0. The van der Waals surface area contributed by atoms with E-state index in [1.165, 1.54) is 48.2 Å². The zero-order chi connectivity index (χ0) is 14.7. The van der Waals surface area contributed by atoms with Crippen LogP contribution >= 0.6 is 0 Å². The number of fused-ring (bicyclic) bond motifs is 2. The average molecular weight is 291 g/mol. The summed E-state index contributed by atoms with van der Waals surface area (Å²) in [5, 5.41) is 10.5. The zero-order valence-electron chi connectivity index (χ0n) is 12.8. The molecule has 1 aliphatic heterocycles. The molecule has 5 rings (SSSR count). The molecule has 0 saturated heterocycles. The zero-order valence-corrected chi connectivity index (χ0v) is 12.8. The van der Waals surface area contributed by atoms with Crippen LogP contribution in [0.1, 0.15) is 35.6 Å². The highest BCUT2D eigenvalue weighted by Crippen LogP contribution is 2.49. The van der Waals surface area contributed by atoms with E-state index in [2.05, 4.69) is 35.2 Å². The fourth-order valence-electron chi connectivity index (χ4n) is 4.37. The molecule has 1 unspecified atom stereocenters. The molecule has 2 aliphatic carbocycles. The molecule has 2 aromatic carbocycles. The van der Waals surface area contributed by atoms with Gasteiger partial charge in [0.05, 0.1) is 0 Å². The molecule has 1 atom stereocenters. The number of nitrogens with zero attached hydrogens (tertiary/aromatic N) is 1. The highest BCUT2D eigenvalue weighted by molar-refractivity contribution is 5.80. The number of hydrogen-bond donors (Lipinski definition) is 1. The van der Waals surface area contributed by atoms with Crippen molar-refractivity contribution < 1.29 is 5.11 Å². The largest absolute Gasteiger partial charge is 0.507 e. The Hall–Kier alpha value is -1.80. The Labute approximate surface area is 131 Å². The van der Waals surface area contributed by atoms with Crippen LogP contribution in [0.4, 0.5) is 0 Å². The van der Waals surface area contributed by atoms with E-state index in [-0.39, 0.29) is 0 Å². The van der Waals surface area contributed by atoms with Gasteiger partial charge in [0.15, 0.2) is 0 Å². The van der Waals surface area contributed by atoms with Crippen LogP contribution in [0.3, 0.4) is 0 Å². The fourth-order valence-corrected chi connectivity index (χ4v) is 4.37. The van der Waals surface area contributed by atoms with Crippen molar-refractivity contribution in [3.63, 3.8) is 0 Å². The molecule has 1 heterocycles. The molecule has 1 fully saturated rings. The smallest absolute Gasteiger partial charge is 0.123 e. The lowest BCUT2D eigenvalue weighted by Crippen LogP contribution is -2.39. The standard InChI is InChI=1S/C20H21NO/c22-18-8-7-14-9-10-21(12-13-5-6-13)17-11-15-3-1-2-4-16(15)20(18)19(14)17/h1-4,7-8,13,17,22H,5-6,9-12H2. The van der Waals surface area contributed by atoms with Crippen molar-refractivity contribution in [2.45, 2.75) is 31.7 Å². The van der Waals surface area contributed by atoms with Crippen LogP contribution in [0.5, 0.6) is 5.75 Å². The quantitative estimate of drug-likeness (QED) is 0.906. The van der Waals surface area contributed by atoms with Crippen LogP contribution < -0.4 is 0 Å². The van der Waals surface area contributed by atoms with E-state index in [1.807, 2.05) is 6.07 Å². The Balaban J connectivity index is 1.69. The van der Waals surface area contributed by atoms with E-state index in [0.717, 1.165) is 24.3 Å². The molecule has 1 N–H and O–H groups in total. The van der Waals surface area contributed by atoms with Crippen LogP contribution in [0, 0.1) is 5.92 Å². The van der Waals surface area contributed by atoms with E-state index in [4.69, 9.17) is 0 Å². The fraction of sp³-hybridized carbons (Fsp3) is 0.400. The van der Waals surface area contributed by atoms with Crippen molar-refractivity contribution in [1.82, 2.24) is 4.90 Å². The SMILES string of the molecule is Oc1ccc2c3c1-c1ccccc1CC3N(CC1CC1)CC2. The average Bonchev–Trinajstić information content (AvgIpc) is 3.36. The lowest BCUT2D eigenvalue weighted by Gasteiger charge is -2.42. The Kier molecular flexibility index (Phi) is 2.66. The van der Waals surface area contributed by atoms with E-state index in [1.54, 1.807) is 0 Å². The minimum absolute atomic E-state index is 0.448. The first kappa shape index (κ1) is 12.7. The first-order chi connectivity index (χ1) is 10.8. The summed E-state index contributed by atoms with van der Waals surface area (Å²) in [5.74, 6) is 1.36. The first-order valence-electron chi connectivity index (χ1n) is 8.48. The van der Waals surface area contributed by atoms with Crippen LogP contribution in [0.2, 0.25) is 0 Å². The molecule has 2 aromatic rings. The van der Waals surface area contributed by atoms with E-state index in [0.29, 0.717) is 11.8 Å². The van der Waals surface area contributed by atoms with Crippen molar-refractivity contribution in [2.24, 2.45) is 5.92 Å². The molecular formula is C20H21NO. The summed E-state index contributed by atoms with van der Waals surface area (Å²) in [5.41, 5.74) is 6.58. The normalized spacial score (nSPS) is 23.0. The molecule has 0 aromatic heterocycles. The maximum Gasteiger partial charge on any atom is 0.123 e. The molecule has 0 amide bonds. The number of aromatic hydroxyl groups is 1. The highest BCUT2D eigenvalue weighted by atomic mass is 16.3. The van der Waals surface area contributed by atoms with E-state index < -0.39 is 0 Å². The minimum Gasteiger partial charge on any atom is -0.507 e. The Bertz CT molecular complexity index is 747. The van der Waals surface area contributed by atoms with Crippen molar-refractivity contribution >= 4 is 0 Å². The highest BCUT2D eigenvalue weighted by Gasteiger charge is 2.37. The summed E-state index contributed by atoms with van der Waals surface area (Å²) >= 11 is 0. The second kappa shape index (κ2) is 4.60. The number of hydrogen-bond acceptors (Lipinski definition) is 2. The Morgan fingerprint density at radius 2 is 1.91 bits per heavy atom. The molecule has 0 bridgehead atoms. The van der Waals surface area contributed by atoms with Gasteiger partial charge in [0.1, 0.15) is 5.75 Å². The predicted molar refractivity (Wildman–Crippen MR) is 88.0 cm³/mol. The van der Waals surface area contributed by atoms with Gasteiger partial charge in [-0.25, -0.2) is 0 Å². The van der Waals surface area contributed by atoms with Gasteiger partial charge in [-0.1, -0.05) is 30.3 Å². The van der Waals surface area contributed by atoms with Gasteiger partial charge >= 0.3 is 0 Å². The van der Waals surface area contributed by atoms with Crippen LogP contribution in [0.15, 0.2) is 36.4 Å². The van der Waals surface area contributed by atoms with Gasteiger partial charge < -0.3 is 5.11 Å². The Morgan fingerprint density at radius 3 is 2.77 bits per heavy atom. The first-order valence-corrected chi connectivity index (χ1v) is 8.48. The second-order valence-corrected chi connectivity index (χ2v) is 7.10. The third-order valence-electron chi connectivity index (χ3n) is 5.65. The monoisotopic (exact) mass is 291 g/mol. The van der Waals surface area contributed by atoms with E-state index in [9.17, 15) is 5.11 Å². The maximum absolute atomic E-state index is 10.5. The molecular weight excluding hydrogens is 270 g/mol. The maximum atomic E-state index is 10.5. The Morgan fingerprint density at radius 1 is 1.05 bits per heavy atom. The summed E-state index contributed by atoms with van der Waals surface area (Å²) in [6.45, 7) is 2.40. The van der Waals surface area contributed by atoms with Crippen molar-refractivity contribution in [1.29, 1.82) is 0 Å². The van der Waals surface area contributed by atoms with Crippen LogP contribution in [-0.2, 0) is 12.8 Å². The van der Waals surface area contributed by atoms with Crippen LogP contribution in [0.25, 0.3) is 11.1 Å². The lowest BCUT2D eigenvalue weighted by molar-refractivity contribution is 0.174.